The molecule has 0 spiro atoms. The van der Waals surface area contributed by atoms with Crippen molar-refractivity contribution in [1.29, 1.82) is 0 Å². The first-order valence-electron chi connectivity index (χ1n) is 6.82. The number of hydrogen-bond acceptors (Lipinski definition) is 2. The molecule has 0 unspecified atom stereocenters. The molecule has 0 aliphatic heterocycles. The van der Waals surface area contributed by atoms with Crippen LogP contribution in [0.1, 0.15) is 0 Å². The third-order valence-electron chi connectivity index (χ3n) is 3.65. The second kappa shape index (κ2) is 6.25. The molecular weight excluding hydrogens is 645 g/mol. The number of nitrogens with zero attached hydrogens (tertiary/aromatic N) is 2. The fourth-order valence-electron chi connectivity index (χ4n) is 2.53. The van der Waals surface area contributed by atoms with Gasteiger partial charge in [0.25, 0.3) is 0 Å². The van der Waals surface area contributed by atoms with Crippen LogP contribution in [0.3, 0.4) is 0 Å². The molecule has 0 amide bonds. The van der Waals surface area contributed by atoms with E-state index >= 15 is 0 Å². The van der Waals surface area contributed by atoms with Gasteiger partial charge in [0.2, 0.25) is 0 Å². The maximum absolute atomic E-state index is 2.74. The number of aromatic nitrogens is 2. The first-order chi connectivity index (χ1) is 11.0. The number of aryl methyl sites for hydroxylation is 2. The molecule has 0 fully saturated rings. The summed E-state index contributed by atoms with van der Waals surface area (Å²) in [5.41, 5.74) is 2.67. The number of halogens is 2. The standard InChI is InChI=1S/2C8H7NS.2HI.Pd/c2*1-9-6-10-8-5-3-2-4-7(8)9;;;/h2*2-5H,1H3;2*1H;/q;;;;+2/p-2. The summed E-state index contributed by atoms with van der Waals surface area (Å²) in [5.74, 6) is 0. The molecule has 0 saturated carbocycles. The van der Waals surface area contributed by atoms with Crippen LogP contribution >= 0.6 is 61.7 Å². The van der Waals surface area contributed by atoms with Gasteiger partial charge in [-0.25, -0.2) is 0 Å². The topological polar surface area (TPSA) is 9.86 Å². The predicted molar refractivity (Wildman–Crippen MR) is 116 cm³/mol. The Kier molecular flexibility index (Phi) is 4.57. The Labute approximate surface area is 165 Å². The quantitative estimate of drug-likeness (QED) is 0.153. The molecule has 4 rings (SSSR count). The molecule has 2 aromatic carbocycles. The number of thiazole rings is 2. The molecule has 124 valence electrons. The normalized spacial score (nSPS) is 13.0. The summed E-state index contributed by atoms with van der Waals surface area (Å²) < 4.78 is 10.6. The molecule has 0 atom stereocenters. The van der Waals surface area contributed by atoms with Gasteiger partial charge in [-0.05, 0) is 0 Å². The Hall–Kier alpha value is 0.342. The van der Waals surface area contributed by atoms with Crippen LogP contribution in [0.5, 0.6) is 0 Å². The fourth-order valence-corrected chi connectivity index (χ4v) is 19.9. The van der Waals surface area contributed by atoms with Gasteiger partial charge in [-0.1, -0.05) is 0 Å². The molecule has 0 radical (unpaired) electrons. The zero-order chi connectivity index (χ0) is 16.2. The second-order valence-electron chi connectivity index (χ2n) is 5.07. The molecular formula is C16H14I2N2PdS2. The zero-order valence-corrected chi connectivity index (χ0v) is 19.9. The van der Waals surface area contributed by atoms with Crippen molar-refractivity contribution in [1.82, 2.24) is 9.13 Å². The summed E-state index contributed by atoms with van der Waals surface area (Å²) in [4.78, 5) is 0. The van der Waals surface area contributed by atoms with Crippen LogP contribution in [0.25, 0.3) is 20.4 Å². The van der Waals surface area contributed by atoms with E-state index in [-0.39, 0.29) is 0 Å². The van der Waals surface area contributed by atoms with E-state index < -0.39 is 7.40 Å². The predicted octanol–water partition coefficient (Wildman–Crippen LogP) is 6.41. The molecule has 0 bridgehead atoms. The van der Waals surface area contributed by atoms with Crippen molar-refractivity contribution in [2.45, 2.75) is 0 Å². The number of hydrogen-bond donors (Lipinski definition) is 0. The van der Waals surface area contributed by atoms with E-state index in [1.807, 2.05) is 22.7 Å². The van der Waals surface area contributed by atoms with Gasteiger partial charge in [0.15, 0.2) is 0 Å². The number of rotatable bonds is 0. The van der Waals surface area contributed by atoms with Crippen LogP contribution in [0.15, 0.2) is 48.5 Å². The van der Waals surface area contributed by atoms with Gasteiger partial charge in [0.05, 0.1) is 0 Å². The van der Waals surface area contributed by atoms with Crippen LogP contribution in [-0.4, -0.2) is 9.13 Å². The first kappa shape index (κ1) is 16.8. The van der Waals surface area contributed by atoms with E-state index in [2.05, 4.69) is 111 Å². The van der Waals surface area contributed by atoms with Crippen LogP contribution in [0.4, 0.5) is 0 Å². The Morgan fingerprint density at radius 1 is 0.739 bits per heavy atom. The Balaban J connectivity index is 2.37. The van der Waals surface area contributed by atoms with E-state index in [0.717, 1.165) is 0 Å². The third-order valence-corrected chi connectivity index (χ3v) is 24.7. The average molecular weight is 659 g/mol. The zero-order valence-electron chi connectivity index (χ0n) is 12.4. The van der Waals surface area contributed by atoms with Crippen molar-refractivity contribution < 1.29 is 7.40 Å². The Morgan fingerprint density at radius 3 is 1.52 bits per heavy atom. The van der Waals surface area contributed by atoms with E-state index in [4.69, 9.17) is 0 Å². The van der Waals surface area contributed by atoms with Crippen molar-refractivity contribution in [3.8, 4) is 0 Å². The van der Waals surface area contributed by atoms with Gasteiger partial charge in [0, 0.05) is 0 Å². The van der Waals surface area contributed by atoms with E-state index in [1.165, 1.54) is 26.6 Å². The van der Waals surface area contributed by atoms with Gasteiger partial charge in [0.1, 0.15) is 0 Å². The van der Waals surface area contributed by atoms with E-state index in [9.17, 15) is 0 Å². The van der Waals surface area contributed by atoms with Crippen LogP contribution in [0, 0.1) is 6.14 Å². The molecule has 0 N–H and O–H groups in total. The molecule has 0 aliphatic rings. The van der Waals surface area contributed by atoms with Crippen LogP contribution < -0.4 is 0 Å². The molecule has 4 aromatic rings. The van der Waals surface area contributed by atoms with Gasteiger partial charge in [-0.15, -0.1) is 0 Å². The number of fused-ring (bicyclic) bond motifs is 2. The SMILES string of the molecule is Cn1[c](=[Pd]([I])([I])=[c]2sc3ccccc3n2C)sc2ccccc21. The number of para-hydroxylation sites is 2. The average Bonchev–Trinajstić information content (AvgIpc) is 3.07. The maximum atomic E-state index is 2.74. The van der Waals surface area contributed by atoms with Gasteiger partial charge >= 0.3 is 167 Å². The van der Waals surface area contributed by atoms with Crippen LogP contribution in [0.2, 0.25) is 0 Å². The van der Waals surface area contributed by atoms with Crippen molar-refractivity contribution >= 4 is 82.1 Å². The molecule has 0 aliphatic carbocycles. The third kappa shape index (κ3) is 2.72. The van der Waals surface area contributed by atoms with Crippen molar-refractivity contribution in [3.05, 3.63) is 54.7 Å². The Morgan fingerprint density at radius 2 is 1.13 bits per heavy atom. The van der Waals surface area contributed by atoms with Crippen molar-refractivity contribution in [2.24, 2.45) is 14.1 Å². The Bertz CT molecular complexity index is 1150. The summed E-state index contributed by atoms with van der Waals surface area (Å²) in [6.45, 7) is 0. The van der Waals surface area contributed by atoms with E-state index in [1.54, 1.807) is 0 Å². The summed E-state index contributed by atoms with van der Waals surface area (Å²) in [5, 5.41) is 0. The molecule has 23 heavy (non-hydrogen) atoms. The first-order valence-corrected chi connectivity index (χ1v) is 19.3. The summed E-state index contributed by atoms with van der Waals surface area (Å²) in [7, 11) is 2.48. The second-order valence-corrected chi connectivity index (χ2v) is 31.2. The molecule has 7 heteroatoms. The minimum atomic E-state index is -1.95. The summed E-state index contributed by atoms with van der Waals surface area (Å²) in [6.07, 6.45) is 0. The molecule has 2 nitrogen and oxygen atoms in total. The monoisotopic (exact) mass is 658 g/mol. The summed E-state index contributed by atoms with van der Waals surface area (Å²) >= 11 is 9.39. The van der Waals surface area contributed by atoms with Gasteiger partial charge in [-0.3, -0.25) is 0 Å². The van der Waals surface area contributed by atoms with Crippen LogP contribution in [-0.2, 0) is 21.5 Å². The molecule has 2 heterocycles. The molecule has 2 aromatic heterocycles. The van der Waals surface area contributed by atoms with Gasteiger partial charge in [-0.2, -0.15) is 0 Å². The fraction of sp³-hybridized carbons (Fsp3) is 0.125. The number of benzene rings is 2. The summed E-state index contributed by atoms with van der Waals surface area (Å²) in [6, 6.07) is 17.4. The van der Waals surface area contributed by atoms with Gasteiger partial charge < -0.3 is 0 Å². The van der Waals surface area contributed by atoms with Crippen molar-refractivity contribution in [2.75, 3.05) is 0 Å². The minimum absolute atomic E-state index is 1.34. The van der Waals surface area contributed by atoms with E-state index in [0.29, 0.717) is 0 Å². The van der Waals surface area contributed by atoms with Crippen molar-refractivity contribution in [3.63, 3.8) is 0 Å². The molecule has 0 saturated heterocycles.